The molecule has 0 aliphatic carbocycles. The molecule has 3 N–H and O–H groups in total. The summed E-state index contributed by atoms with van der Waals surface area (Å²) < 4.78 is 0. The number of halogens is 1. The first-order chi connectivity index (χ1) is 9.76. The SMILES string of the molecule is CNc1nc(NCc2ccc(Cl)cc2)c2[nH]cnc2n1. The topological polar surface area (TPSA) is 78.5 Å². The molecule has 0 radical (unpaired) electrons. The molecule has 3 rings (SSSR count). The first-order valence-corrected chi connectivity index (χ1v) is 6.51. The minimum atomic E-state index is 0.531. The first-order valence-electron chi connectivity index (χ1n) is 6.13. The van der Waals surface area contributed by atoms with Crippen LogP contribution in [0.5, 0.6) is 0 Å². The van der Waals surface area contributed by atoms with E-state index in [0.29, 0.717) is 24.0 Å². The number of fused-ring (bicyclic) bond motifs is 1. The highest BCUT2D eigenvalue weighted by Crippen LogP contribution is 2.19. The number of hydrogen-bond acceptors (Lipinski definition) is 5. The van der Waals surface area contributed by atoms with Crippen molar-refractivity contribution in [1.82, 2.24) is 19.9 Å². The summed E-state index contributed by atoms with van der Waals surface area (Å²) in [5.74, 6) is 1.25. The maximum absolute atomic E-state index is 5.87. The van der Waals surface area contributed by atoms with Gasteiger partial charge in [-0.3, -0.25) is 0 Å². The molecule has 0 aliphatic heterocycles. The van der Waals surface area contributed by atoms with Gasteiger partial charge in [0.05, 0.1) is 6.33 Å². The van der Waals surface area contributed by atoms with Gasteiger partial charge in [0.1, 0.15) is 5.52 Å². The second kappa shape index (κ2) is 5.34. The van der Waals surface area contributed by atoms with E-state index in [4.69, 9.17) is 11.6 Å². The molecule has 0 saturated heterocycles. The summed E-state index contributed by atoms with van der Waals surface area (Å²) in [5, 5.41) is 6.93. The highest BCUT2D eigenvalue weighted by Gasteiger charge is 2.08. The second-order valence-corrected chi connectivity index (χ2v) is 4.66. The van der Waals surface area contributed by atoms with Crippen LogP contribution >= 0.6 is 11.6 Å². The first kappa shape index (κ1) is 12.7. The molecule has 102 valence electrons. The number of benzene rings is 1. The van der Waals surface area contributed by atoms with E-state index < -0.39 is 0 Å². The molecule has 0 aliphatic rings. The Hall–Kier alpha value is -2.34. The summed E-state index contributed by atoms with van der Waals surface area (Å²) in [6.07, 6.45) is 1.60. The van der Waals surface area contributed by atoms with Gasteiger partial charge in [-0.05, 0) is 17.7 Å². The van der Waals surface area contributed by atoms with Gasteiger partial charge in [0, 0.05) is 18.6 Å². The van der Waals surface area contributed by atoms with Crippen molar-refractivity contribution in [1.29, 1.82) is 0 Å². The minimum Gasteiger partial charge on any atom is -0.364 e. The van der Waals surface area contributed by atoms with Gasteiger partial charge in [-0.25, -0.2) is 4.98 Å². The van der Waals surface area contributed by atoms with E-state index in [0.717, 1.165) is 16.1 Å². The van der Waals surface area contributed by atoms with Gasteiger partial charge < -0.3 is 15.6 Å². The number of H-pyrrole nitrogens is 1. The average Bonchev–Trinajstić information content (AvgIpc) is 2.94. The Balaban J connectivity index is 1.86. The normalized spacial score (nSPS) is 10.7. The van der Waals surface area contributed by atoms with E-state index >= 15 is 0 Å². The molecule has 2 heterocycles. The van der Waals surface area contributed by atoms with Crippen molar-refractivity contribution in [3.63, 3.8) is 0 Å². The van der Waals surface area contributed by atoms with Crippen molar-refractivity contribution >= 4 is 34.5 Å². The summed E-state index contributed by atoms with van der Waals surface area (Å²) in [7, 11) is 1.77. The molecule has 20 heavy (non-hydrogen) atoms. The summed E-state index contributed by atoms with van der Waals surface area (Å²) in [6.45, 7) is 0.644. The molecule has 7 heteroatoms. The maximum atomic E-state index is 5.87. The molecule has 0 unspecified atom stereocenters. The predicted octanol–water partition coefficient (Wildman–Crippen LogP) is 2.66. The van der Waals surface area contributed by atoms with Gasteiger partial charge >= 0.3 is 0 Å². The van der Waals surface area contributed by atoms with Crippen LogP contribution in [-0.2, 0) is 6.54 Å². The molecule has 0 saturated carbocycles. The summed E-state index contributed by atoms with van der Waals surface area (Å²) in [5.41, 5.74) is 2.53. The molecule has 0 amide bonds. The van der Waals surface area contributed by atoms with Crippen LogP contribution in [0.3, 0.4) is 0 Å². The smallest absolute Gasteiger partial charge is 0.226 e. The van der Waals surface area contributed by atoms with E-state index in [-0.39, 0.29) is 0 Å². The van der Waals surface area contributed by atoms with Gasteiger partial charge in [-0.1, -0.05) is 23.7 Å². The minimum absolute atomic E-state index is 0.531. The Bertz CT molecular complexity index is 721. The number of nitrogens with zero attached hydrogens (tertiary/aromatic N) is 3. The van der Waals surface area contributed by atoms with Gasteiger partial charge in [-0.2, -0.15) is 9.97 Å². The van der Waals surface area contributed by atoms with Crippen LogP contribution in [0, 0.1) is 0 Å². The Labute approximate surface area is 120 Å². The number of rotatable bonds is 4. The van der Waals surface area contributed by atoms with Crippen LogP contribution < -0.4 is 10.6 Å². The van der Waals surface area contributed by atoms with E-state index in [2.05, 4.69) is 30.6 Å². The van der Waals surface area contributed by atoms with Crippen LogP contribution in [0.25, 0.3) is 11.2 Å². The number of anilines is 2. The monoisotopic (exact) mass is 288 g/mol. The third kappa shape index (κ3) is 2.50. The summed E-state index contributed by atoms with van der Waals surface area (Å²) in [6, 6.07) is 7.67. The van der Waals surface area contributed by atoms with Crippen molar-refractivity contribution in [2.75, 3.05) is 17.7 Å². The lowest BCUT2D eigenvalue weighted by molar-refractivity contribution is 1.09. The molecule has 1 aromatic carbocycles. The molecule has 2 aromatic heterocycles. The van der Waals surface area contributed by atoms with Gasteiger partial charge in [0.2, 0.25) is 5.95 Å². The molecular weight excluding hydrogens is 276 g/mol. The van der Waals surface area contributed by atoms with Crippen LogP contribution in [0.15, 0.2) is 30.6 Å². The third-order valence-corrected chi connectivity index (χ3v) is 3.13. The lowest BCUT2D eigenvalue weighted by Crippen LogP contribution is -2.05. The summed E-state index contributed by atoms with van der Waals surface area (Å²) >= 11 is 5.87. The zero-order valence-electron chi connectivity index (χ0n) is 10.8. The quantitative estimate of drug-likeness (QED) is 0.688. The number of aromatic amines is 1. The summed E-state index contributed by atoms with van der Waals surface area (Å²) in [4.78, 5) is 15.8. The highest BCUT2D eigenvalue weighted by molar-refractivity contribution is 6.30. The predicted molar refractivity (Wildman–Crippen MR) is 80.0 cm³/mol. The average molecular weight is 289 g/mol. The fourth-order valence-electron chi connectivity index (χ4n) is 1.86. The molecule has 3 aromatic rings. The molecule has 6 nitrogen and oxygen atoms in total. The van der Waals surface area contributed by atoms with E-state index in [1.807, 2.05) is 24.3 Å². The van der Waals surface area contributed by atoms with Crippen LogP contribution in [0.4, 0.5) is 11.8 Å². The van der Waals surface area contributed by atoms with Crippen molar-refractivity contribution < 1.29 is 0 Å². The van der Waals surface area contributed by atoms with Gasteiger partial charge in [-0.15, -0.1) is 0 Å². The van der Waals surface area contributed by atoms with E-state index in [1.54, 1.807) is 13.4 Å². The Morgan fingerprint density at radius 3 is 2.75 bits per heavy atom. The maximum Gasteiger partial charge on any atom is 0.226 e. The van der Waals surface area contributed by atoms with Crippen molar-refractivity contribution in [2.45, 2.75) is 6.54 Å². The third-order valence-electron chi connectivity index (χ3n) is 2.88. The van der Waals surface area contributed by atoms with Gasteiger partial charge in [0.15, 0.2) is 11.5 Å². The molecule has 0 bridgehead atoms. The molecule has 0 atom stereocenters. The lowest BCUT2D eigenvalue weighted by Gasteiger charge is -2.08. The second-order valence-electron chi connectivity index (χ2n) is 4.23. The van der Waals surface area contributed by atoms with Crippen LogP contribution in [-0.4, -0.2) is 27.0 Å². The molecule has 0 fully saturated rings. The largest absolute Gasteiger partial charge is 0.364 e. The fourth-order valence-corrected chi connectivity index (χ4v) is 1.99. The number of aromatic nitrogens is 4. The van der Waals surface area contributed by atoms with Crippen molar-refractivity contribution in [3.05, 3.63) is 41.2 Å². The number of hydrogen-bond donors (Lipinski definition) is 3. The zero-order valence-corrected chi connectivity index (χ0v) is 11.6. The lowest BCUT2D eigenvalue weighted by atomic mass is 10.2. The van der Waals surface area contributed by atoms with Crippen molar-refractivity contribution in [2.24, 2.45) is 0 Å². The van der Waals surface area contributed by atoms with E-state index in [9.17, 15) is 0 Å². The van der Waals surface area contributed by atoms with Gasteiger partial charge in [0.25, 0.3) is 0 Å². The fraction of sp³-hybridized carbons (Fsp3) is 0.154. The zero-order chi connectivity index (χ0) is 13.9. The molecule has 0 spiro atoms. The van der Waals surface area contributed by atoms with E-state index in [1.165, 1.54) is 0 Å². The highest BCUT2D eigenvalue weighted by atomic mass is 35.5. The van der Waals surface area contributed by atoms with Crippen molar-refractivity contribution in [3.8, 4) is 0 Å². The standard InChI is InChI=1S/C13H13ClN6/c1-15-13-19-11(10-12(20-13)18-7-17-10)16-6-8-2-4-9(14)5-3-8/h2-5,7H,6H2,1H3,(H3,15,16,17,18,19,20). The Morgan fingerprint density at radius 1 is 1.20 bits per heavy atom. The van der Waals surface area contributed by atoms with Crippen LogP contribution in [0.1, 0.15) is 5.56 Å². The Kier molecular flexibility index (Phi) is 3.39. The number of nitrogens with one attached hydrogen (secondary N) is 3. The van der Waals surface area contributed by atoms with Crippen LogP contribution in [0.2, 0.25) is 5.02 Å². The Morgan fingerprint density at radius 2 is 2.00 bits per heavy atom. The molecular formula is C13H13ClN6. The number of imidazole rings is 1.